The number of likely N-dealkylation sites (N-methyl/N-ethyl adjacent to an activating group) is 1. The van der Waals surface area contributed by atoms with Crippen molar-refractivity contribution in [2.24, 2.45) is 5.92 Å². The van der Waals surface area contributed by atoms with Gasteiger partial charge in [0, 0.05) is 51.6 Å². The van der Waals surface area contributed by atoms with Gasteiger partial charge in [-0.15, -0.1) is 0 Å². The summed E-state index contributed by atoms with van der Waals surface area (Å²) >= 11 is 0. The van der Waals surface area contributed by atoms with Crippen molar-refractivity contribution in [1.82, 2.24) is 20.0 Å². The number of amides is 2. The van der Waals surface area contributed by atoms with Crippen LogP contribution in [0.3, 0.4) is 0 Å². The zero-order valence-electron chi connectivity index (χ0n) is 18.9. The lowest BCUT2D eigenvalue weighted by molar-refractivity contribution is -0.144. The Morgan fingerprint density at radius 1 is 1.07 bits per heavy atom. The van der Waals surface area contributed by atoms with E-state index in [-0.39, 0.29) is 17.7 Å². The molecular weight excluding hydrogens is 376 g/mol. The molecule has 0 saturated carbocycles. The molecule has 0 aromatic heterocycles. The smallest absolute Gasteiger partial charge is 0.243 e. The van der Waals surface area contributed by atoms with E-state index in [1.165, 1.54) is 5.56 Å². The molecule has 2 aliphatic rings. The number of carbonyl (C=O) groups is 2. The third-order valence-electron chi connectivity index (χ3n) is 6.73. The van der Waals surface area contributed by atoms with Crippen LogP contribution >= 0.6 is 0 Å². The summed E-state index contributed by atoms with van der Waals surface area (Å²) in [5.74, 6) is 0.00487. The molecule has 30 heavy (non-hydrogen) atoms. The van der Waals surface area contributed by atoms with E-state index in [0.29, 0.717) is 19.5 Å². The number of benzene rings is 1. The fourth-order valence-electron chi connectivity index (χ4n) is 4.41. The Bertz CT molecular complexity index is 715. The van der Waals surface area contributed by atoms with E-state index in [2.05, 4.69) is 34.2 Å². The molecule has 3 rings (SSSR count). The summed E-state index contributed by atoms with van der Waals surface area (Å²) in [6.07, 6.45) is 2.33. The van der Waals surface area contributed by atoms with E-state index >= 15 is 0 Å². The number of fused-ring (bicyclic) bond motifs is 1. The number of hydrogen-bond donors (Lipinski definition) is 1. The van der Waals surface area contributed by atoms with Gasteiger partial charge in [0.25, 0.3) is 0 Å². The van der Waals surface area contributed by atoms with Gasteiger partial charge in [-0.1, -0.05) is 45.0 Å². The maximum absolute atomic E-state index is 13.0. The molecule has 166 valence electrons. The highest BCUT2D eigenvalue weighted by Gasteiger charge is 2.35. The second kappa shape index (κ2) is 10.9. The van der Waals surface area contributed by atoms with Crippen LogP contribution in [-0.4, -0.2) is 78.4 Å². The minimum atomic E-state index is -0.408. The fourth-order valence-corrected chi connectivity index (χ4v) is 4.41. The number of piperazine rings is 1. The van der Waals surface area contributed by atoms with E-state index in [1.807, 2.05) is 26.0 Å². The quantitative estimate of drug-likeness (QED) is 0.662. The van der Waals surface area contributed by atoms with Gasteiger partial charge in [0.2, 0.25) is 11.8 Å². The van der Waals surface area contributed by atoms with Gasteiger partial charge in [0.05, 0.1) is 0 Å². The van der Waals surface area contributed by atoms with E-state index in [9.17, 15) is 9.59 Å². The largest absolute Gasteiger partial charge is 0.354 e. The van der Waals surface area contributed by atoms with Crippen molar-refractivity contribution in [3.63, 3.8) is 0 Å². The maximum atomic E-state index is 13.0. The fraction of sp³-hybridized carbons (Fsp3) is 0.667. The SMILES string of the molecule is CCC(C)C(=O)N1Cc2ccccc2CC1C(=O)NCCCN1CCN(CC)CC1. The first-order chi connectivity index (χ1) is 14.5. The van der Waals surface area contributed by atoms with Crippen LogP contribution in [0.5, 0.6) is 0 Å². The van der Waals surface area contributed by atoms with Crippen molar-refractivity contribution in [3.05, 3.63) is 35.4 Å². The number of rotatable bonds is 8. The summed E-state index contributed by atoms with van der Waals surface area (Å²) in [7, 11) is 0. The summed E-state index contributed by atoms with van der Waals surface area (Å²) < 4.78 is 0. The van der Waals surface area contributed by atoms with Crippen LogP contribution in [0.1, 0.15) is 44.7 Å². The molecule has 0 radical (unpaired) electrons. The summed E-state index contributed by atoms with van der Waals surface area (Å²) in [6, 6.07) is 7.76. The van der Waals surface area contributed by atoms with Crippen LogP contribution in [0.15, 0.2) is 24.3 Å². The summed E-state index contributed by atoms with van der Waals surface area (Å²) in [5.41, 5.74) is 2.34. The molecule has 2 heterocycles. The normalized spacial score (nSPS) is 21.2. The summed E-state index contributed by atoms with van der Waals surface area (Å²) in [4.78, 5) is 32.8. The van der Waals surface area contributed by atoms with E-state index < -0.39 is 6.04 Å². The predicted molar refractivity (Wildman–Crippen MR) is 120 cm³/mol. The Labute approximate surface area is 181 Å². The Morgan fingerprint density at radius 3 is 2.40 bits per heavy atom. The van der Waals surface area contributed by atoms with Crippen LogP contribution < -0.4 is 5.32 Å². The van der Waals surface area contributed by atoms with Crippen molar-refractivity contribution in [3.8, 4) is 0 Å². The summed E-state index contributed by atoms with van der Waals surface area (Å²) in [5, 5.41) is 3.11. The van der Waals surface area contributed by atoms with Gasteiger partial charge in [0.15, 0.2) is 0 Å². The third kappa shape index (κ3) is 5.61. The number of nitrogens with one attached hydrogen (secondary N) is 1. The standard InChI is InChI=1S/C24H38N4O2/c1-4-19(3)24(30)28-18-21-10-7-6-9-20(21)17-22(28)23(29)25-11-8-12-27-15-13-26(5-2)14-16-27/h6-7,9-10,19,22H,4-5,8,11-18H2,1-3H3,(H,25,29). The molecule has 1 aromatic rings. The van der Waals surface area contributed by atoms with Crippen LogP contribution in [0, 0.1) is 5.92 Å². The molecule has 2 amide bonds. The molecule has 1 aromatic carbocycles. The lowest BCUT2D eigenvalue weighted by atomic mass is 9.92. The first kappa shape index (κ1) is 22.8. The van der Waals surface area contributed by atoms with Crippen LogP contribution in [0.25, 0.3) is 0 Å². The molecular formula is C24H38N4O2. The molecule has 2 aliphatic heterocycles. The average Bonchev–Trinajstić information content (AvgIpc) is 2.80. The monoisotopic (exact) mass is 414 g/mol. The van der Waals surface area contributed by atoms with Gasteiger partial charge >= 0.3 is 0 Å². The lowest BCUT2D eigenvalue weighted by Gasteiger charge is -2.37. The Balaban J connectivity index is 1.54. The van der Waals surface area contributed by atoms with Gasteiger partial charge in [0.1, 0.15) is 6.04 Å². The van der Waals surface area contributed by atoms with E-state index in [0.717, 1.165) is 57.7 Å². The highest BCUT2D eigenvalue weighted by molar-refractivity contribution is 5.89. The van der Waals surface area contributed by atoms with Crippen LogP contribution in [0.2, 0.25) is 0 Å². The molecule has 0 bridgehead atoms. The molecule has 0 aliphatic carbocycles. The Hall–Kier alpha value is -1.92. The minimum absolute atomic E-state index is 0.0167. The molecule has 1 saturated heterocycles. The highest BCUT2D eigenvalue weighted by Crippen LogP contribution is 2.25. The van der Waals surface area contributed by atoms with Crippen molar-refractivity contribution in [2.45, 2.75) is 52.6 Å². The molecule has 6 heteroatoms. The second-order valence-corrected chi connectivity index (χ2v) is 8.68. The number of carbonyl (C=O) groups excluding carboxylic acids is 2. The number of hydrogen-bond acceptors (Lipinski definition) is 4. The van der Waals surface area contributed by atoms with Crippen molar-refractivity contribution in [1.29, 1.82) is 0 Å². The molecule has 2 unspecified atom stereocenters. The molecule has 0 spiro atoms. The van der Waals surface area contributed by atoms with Crippen molar-refractivity contribution < 1.29 is 9.59 Å². The Kier molecular flexibility index (Phi) is 8.28. The van der Waals surface area contributed by atoms with Crippen molar-refractivity contribution >= 4 is 11.8 Å². The van der Waals surface area contributed by atoms with Gasteiger partial charge in [-0.25, -0.2) is 0 Å². The van der Waals surface area contributed by atoms with Gasteiger partial charge < -0.3 is 20.0 Å². The zero-order chi connectivity index (χ0) is 21.5. The van der Waals surface area contributed by atoms with Crippen LogP contribution in [0.4, 0.5) is 0 Å². The third-order valence-corrected chi connectivity index (χ3v) is 6.73. The first-order valence-corrected chi connectivity index (χ1v) is 11.6. The van der Waals surface area contributed by atoms with Crippen molar-refractivity contribution in [2.75, 3.05) is 45.8 Å². The Morgan fingerprint density at radius 2 is 1.73 bits per heavy atom. The van der Waals surface area contributed by atoms with E-state index in [4.69, 9.17) is 0 Å². The van der Waals surface area contributed by atoms with Gasteiger partial charge in [-0.3, -0.25) is 9.59 Å². The van der Waals surface area contributed by atoms with Gasteiger partial charge in [-0.05, 0) is 37.1 Å². The molecule has 1 fully saturated rings. The highest BCUT2D eigenvalue weighted by atomic mass is 16.2. The minimum Gasteiger partial charge on any atom is -0.354 e. The number of nitrogens with zero attached hydrogens (tertiary/aromatic N) is 3. The lowest BCUT2D eigenvalue weighted by Crippen LogP contribution is -2.54. The molecule has 1 N–H and O–H groups in total. The maximum Gasteiger partial charge on any atom is 0.243 e. The van der Waals surface area contributed by atoms with Gasteiger partial charge in [-0.2, -0.15) is 0 Å². The molecule has 2 atom stereocenters. The van der Waals surface area contributed by atoms with E-state index in [1.54, 1.807) is 4.90 Å². The summed E-state index contributed by atoms with van der Waals surface area (Å²) in [6.45, 7) is 14.0. The van der Waals surface area contributed by atoms with Crippen LogP contribution in [-0.2, 0) is 22.6 Å². The zero-order valence-corrected chi connectivity index (χ0v) is 18.9. The average molecular weight is 415 g/mol. The molecule has 6 nitrogen and oxygen atoms in total. The second-order valence-electron chi connectivity index (χ2n) is 8.68. The predicted octanol–water partition coefficient (Wildman–Crippen LogP) is 2.13. The topological polar surface area (TPSA) is 55.9 Å². The first-order valence-electron chi connectivity index (χ1n) is 11.6.